The largest absolute Gasteiger partial charge is 0.337 e. The number of rotatable bonds is 3. The van der Waals surface area contributed by atoms with Gasteiger partial charge in [0.05, 0.1) is 17.2 Å². The number of likely N-dealkylation sites (tertiary alicyclic amines) is 1. The van der Waals surface area contributed by atoms with Crippen molar-refractivity contribution in [1.29, 1.82) is 0 Å². The van der Waals surface area contributed by atoms with E-state index in [1.165, 1.54) is 20.6 Å². The van der Waals surface area contributed by atoms with Crippen LogP contribution in [0, 0.1) is 12.3 Å². The van der Waals surface area contributed by atoms with E-state index in [4.69, 9.17) is 0 Å². The summed E-state index contributed by atoms with van der Waals surface area (Å²) in [6.45, 7) is 3.60. The highest BCUT2D eigenvalue weighted by Crippen LogP contribution is 2.39. The molecule has 1 saturated heterocycles. The number of nitrogens with zero attached hydrogens (tertiary/aromatic N) is 7. The Hall–Kier alpha value is -3.08. The second-order valence-electron chi connectivity index (χ2n) is 8.16. The van der Waals surface area contributed by atoms with Crippen molar-refractivity contribution in [2.24, 2.45) is 12.5 Å². The number of aromatic nitrogens is 6. The maximum Gasteiger partial charge on any atom is 0.332 e. The van der Waals surface area contributed by atoms with Gasteiger partial charge in [-0.1, -0.05) is 0 Å². The van der Waals surface area contributed by atoms with E-state index in [1.54, 1.807) is 28.9 Å². The van der Waals surface area contributed by atoms with E-state index in [0.29, 0.717) is 37.6 Å². The molecule has 2 aliphatic rings. The highest BCUT2D eigenvalue weighted by atomic mass is 32.1. The molecular formula is C19H21N7O3S. The lowest BCUT2D eigenvalue weighted by atomic mass is 9.86. The van der Waals surface area contributed by atoms with Crippen LogP contribution in [0.2, 0.25) is 0 Å². The summed E-state index contributed by atoms with van der Waals surface area (Å²) in [7, 11) is 1.77. The summed E-state index contributed by atoms with van der Waals surface area (Å²) in [5.41, 5.74) is -0.332. The molecule has 2 aliphatic heterocycles. The van der Waals surface area contributed by atoms with E-state index in [2.05, 4.69) is 15.2 Å². The Morgan fingerprint density at radius 1 is 1.23 bits per heavy atom. The van der Waals surface area contributed by atoms with Crippen LogP contribution >= 0.6 is 11.3 Å². The van der Waals surface area contributed by atoms with Gasteiger partial charge in [-0.05, 0) is 19.4 Å². The molecule has 30 heavy (non-hydrogen) atoms. The Labute approximate surface area is 175 Å². The van der Waals surface area contributed by atoms with Crippen LogP contribution in [0.5, 0.6) is 0 Å². The predicted octanol–water partition coefficient (Wildman–Crippen LogP) is 0.0403. The van der Waals surface area contributed by atoms with Gasteiger partial charge >= 0.3 is 11.1 Å². The SMILES string of the molecule is Cc1nc(Cn2nc3n(c(=O)c2=O)C[C@]2(CCN(C(=O)c4ccn(C)n4)C2)C3)cs1. The fraction of sp³-hybridized carbons (Fsp3) is 0.474. The van der Waals surface area contributed by atoms with Crippen LogP contribution in [0.3, 0.4) is 0 Å². The highest BCUT2D eigenvalue weighted by molar-refractivity contribution is 7.09. The van der Waals surface area contributed by atoms with Crippen LogP contribution in [0.1, 0.15) is 33.4 Å². The Bertz CT molecular complexity index is 1270. The third-order valence-corrected chi connectivity index (χ3v) is 6.70. The first-order valence-corrected chi connectivity index (χ1v) is 10.6. The molecular weight excluding hydrogens is 406 g/mol. The third kappa shape index (κ3) is 3.09. The van der Waals surface area contributed by atoms with Crippen LogP contribution in [0.4, 0.5) is 0 Å². The van der Waals surface area contributed by atoms with Gasteiger partial charge in [-0.15, -0.1) is 11.3 Å². The van der Waals surface area contributed by atoms with E-state index in [-0.39, 0.29) is 17.9 Å². The molecule has 1 fully saturated rings. The van der Waals surface area contributed by atoms with E-state index in [0.717, 1.165) is 17.1 Å². The lowest BCUT2D eigenvalue weighted by Gasteiger charge is -2.22. The Balaban J connectivity index is 1.39. The van der Waals surface area contributed by atoms with Gasteiger partial charge in [-0.3, -0.25) is 23.6 Å². The van der Waals surface area contributed by atoms with E-state index < -0.39 is 11.1 Å². The number of carbonyl (C=O) groups excluding carboxylic acids is 1. The van der Waals surface area contributed by atoms with Gasteiger partial charge in [0, 0.05) is 50.1 Å². The van der Waals surface area contributed by atoms with Gasteiger partial charge in [0.2, 0.25) is 0 Å². The molecule has 5 heterocycles. The second kappa shape index (κ2) is 6.73. The second-order valence-corrected chi connectivity index (χ2v) is 9.22. The zero-order valence-corrected chi connectivity index (χ0v) is 17.6. The van der Waals surface area contributed by atoms with Crippen molar-refractivity contribution in [3.05, 3.63) is 60.6 Å². The minimum absolute atomic E-state index is 0.109. The first-order valence-electron chi connectivity index (χ1n) is 9.74. The molecule has 0 unspecified atom stereocenters. The summed E-state index contributed by atoms with van der Waals surface area (Å²) in [4.78, 5) is 44.2. The van der Waals surface area contributed by atoms with Gasteiger partial charge in [-0.2, -0.15) is 10.2 Å². The van der Waals surface area contributed by atoms with Crippen LogP contribution in [-0.2, 0) is 26.6 Å². The van der Waals surface area contributed by atoms with Gasteiger partial charge in [-0.25, -0.2) is 9.67 Å². The highest BCUT2D eigenvalue weighted by Gasteiger charge is 2.46. The molecule has 3 aromatic rings. The average Bonchev–Trinajstić information content (AvgIpc) is 3.48. The zero-order chi connectivity index (χ0) is 21.0. The lowest BCUT2D eigenvalue weighted by Crippen LogP contribution is -2.43. The monoisotopic (exact) mass is 427 g/mol. The van der Waals surface area contributed by atoms with Crippen molar-refractivity contribution in [3.63, 3.8) is 0 Å². The standard InChI is InChI=1S/C19H21N7O3S/c1-12-20-13(9-30-12)8-26-18(29)17(28)25-11-19(7-15(25)22-26)4-6-24(10-19)16(27)14-3-5-23(2)21-14/h3,5,9H,4,6-8,10-11H2,1-2H3/t19-/m1/s1. The van der Waals surface area contributed by atoms with Crippen molar-refractivity contribution >= 4 is 17.2 Å². The summed E-state index contributed by atoms with van der Waals surface area (Å²) in [5.74, 6) is 0.487. The van der Waals surface area contributed by atoms with E-state index in [9.17, 15) is 14.4 Å². The molecule has 3 aromatic heterocycles. The van der Waals surface area contributed by atoms with Crippen molar-refractivity contribution in [2.45, 2.75) is 32.9 Å². The number of hydrogen-bond donors (Lipinski definition) is 0. The number of amides is 1. The number of hydrogen-bond acceptors (Lipinski definition) is 7. The lowest BCUT2D eigenvalue weighted by molar-refractivity contribution is 0.0765. The summed E-state index contributed by atoms with van der Waals surface area (Å²) < 4.78 is 4.31. The fourth-order valence-corrected chi connectivity index (χ4v) is 5.02. The smallest absolute Gasteiger partial charge is 0.332 e. The summed E-state index contributed by atoms with van der Waals surface area (Å²) >= 11 is 1.50. The van der Waals surface area contributed by atoms with E-state index in [1.807, 2.05) is 12.3 Å². The molecule has 1 amide bonds. The first-order chi connectivity index (χ1) is 14.3. The molecule has 5 rings (SSSR count). The fourth-order valence-electron chi connectivity index (χ4n) is 4.42. The van der Waals surface area contributed by atoms with Crippen molar-refractivity contribution in [3.8, 4) is 0 Å². The normalized spacial score (nSPS) is 20.3. The molecule has 156 valence electrons. The third-order valence-electron chi connectivity index (χ3n) is 5.87. The number of carbonyl (C=O) groups is 1. The van der Waals surface area contributed by atoms with Crippen LogP contribution in [0.25, 0.3) is 0 Å². The molecule has 1 atom stereocenters. The Kier molecular flexibility index (Phi) is 4.24. The van der Waals surface area contributed by atoms with Gasteiger partial charge in [0.25, 0.3) is 5.91 Å². The predicted molar refractivity (Wildman–Crippen MR) is 109 cm³/mol. The number of fused-ring (bicyclic) bond motifs is 1. The molecule has 10 nitrogen and oxygen atoms in total. The minimum atomic E-state index is -0.638. The molecule has 0 aliphatic carbocycles. The van der Waals surface area contributed by atoms with Crippen LogP contribution in [0.15, 0.2) is 27.2 Å². The molecule has 0 aromatic carbocycles. The topological polar surface area (TPSA) is 108 Å². The molecule has 11 heteroatoms. The minimum Gasteiger partial charge on any atom is -0.337 e. The Morgan fingerprint density at radius 3 is 2.77 bits per heavy atom. The zero-order valence-electron chi connectivity index (χ0n) is 16.7. The van der Waals surface area contributed by atoms with Crippen LogP contribution < -0.4 is 11.1 Å². The summed E-state index contributed by atoms with van der Waals surface area (Å²) in [6.07, 6.45) is 3.06. The number of aryl methyl sites for hydroxylation is 2. The van der Waals surface area contributed by atoms with Crippen molar-refractivity contribution in [2.75, 3.05) is 13.1 Å². The molecule has 0 N–H and O–H groups in total. The van der Waals surface area contributed by atoms with Gasteiger partial charge < -0.3 is 4.90 Å². The molecule has 0 bridgehead atoms. The molecule has 0 radical (unpaired) electrons. The molecule has 1 spiro atoms. The summed E-state index contributed by atoms with van der Waals surface area (Å²) in [5, 5.41) is 11.4. The van der Waals surface area contributed by atoms with Crippen molar-refractivity contribution in [1.82, 2.24) is 34.0 Å². The maximum atomic E-state index is 12.8. The van der Waals surface area contributed by atoms with Gasteiger partial charge in [0.1, 0.15) is 11.5 Å². The average molecular weight is 427 g/mol. The van der Waals surface area contributed by atoms with E-state index >= 15 is 0 Å². The molecule has 0 saturated carbocycles. The van der Waals surface area contributed by atoms with Crippen LogP contribution in [-0.4, -0.2) is 53.0 Å². The maximum absolute atomic E-state index is 12.8. The number of thiazole rings is 1. The first kappa shape index (κ1) is 18.9. The quantitative estimate of drug-likeness (QED) is 0.546. The van der Waals surface area contributed by atoms with Crippen molar-refractivity contribution < 1.29 is 4.79 Å². The van der Waals surface area contributed by atoms with Gasteiger partial charge in [0.15, 0.2) is 0 Å². The summed E-state index contributed by atoms with van der Waals surface area (Å²) in [6, 6.07) is 1.70. The Morgan fingerprint density at radius 2 is 2.07 bits per heavy atom.